The summed E-state index contributed by atoms with van der Waals surface area (Å²) >= 11 is 2.89. The predicted octanol–water partition coefficient (Wildman–Crippen LogP) is 5.38. The second-order valence-corrected chi connectivity index (χ2v) is 9.57. The lowest BCUT2D eigenvalue weighted by atomic mass is 10.2. The van der Waals surface area contributed by atoms with Crippen molar-refractivity contribution in [2.75, 3.05) is 13.2 Å². The monoisotopic (exact) mass is 510 g/mol. The standard InChI is InChI=1S/C25H23FN4O3S2/c1-3-32-20-10-7-17(13-21(20)33-4-2)14-29-23(31)22-19(11-12-34-22)30-24(29)27-28-25(30)35-15-16-5-8-18(26)9-6-16/h5-13H,3-4,14-15H2,1-2H3. The molecule has 0 spiro atoms. The highest BCUT2D eigenvalue weighted by atomic mass is 32.2. The van der Waals surface area contributed by atoms with Gasteiger partial charge in [-0.15, -0.1) is 21.5 Å². The molecular formula is C25H23FN4O3S2. The Balaban J connectivity index is 1.54. The van der Waals surface area contributed by atoms with Crippen molar-refractivity contribution in [1.82, 2.24) is 19.2 Å². The first kappa shape index (κ1) is 23.4. The lowest BCUT2D eigenvalue weighted by Crippen LogP contribution is -2.23. The van der Waals surface area contributed by atoms with Crippen molar-refractivity contribution in [3.8, 4) is 11.5 Å². The molecule has 3 aromatic heterocycles. The van der Waals surface area contributed by atoms with Crippen LogP contribution in [0.15, 0.2) is 63.9 Å². The Hall–Kier alpha value is -3.37. The molecule has 5 aromatic rings. The van der Waals surface area contributed by atoms with E-state index in [9.17, 15) is 9.18 Å². The van der Waals surface area contributed by atoms with Crippen LogP contribution in [0, 0.1) is 5.82 Å². The van der Waals surface area contributed by atoms with Crippen molar-refractivity contribution in [1.29, 1.82) is 0 Å². The molecule has 180 valence electrons. The van der Waals surface area contributed by atoms with E-state index in [-0.39, 0.29) is 11.4 Å². The van der Waals surface area contributed by atoms with Crippen LogP contribution >= 0.6 is 23.1 Å². The molecular weight excluding hydrogens is 487 g/mol. The van der Waals surface area contributed by atoms with Gasteiger partial charge in [-0.25, -0.2) is 4.39 Å². The molecule has 10 heteroatoms. The highest BCUT2D eigenvalue weighted by Crippen LogP contribution is 2.30. The van der Waals surface area contributed by atoms with Crippen LogP contribution < -0.4 is 15.0 Å². The van der Waals surface area contributed by atoms with Gasteiger partial charge in [0.25, 0.3) is 5.56 Å². The van der Waals surface area contributed by atoms with E-state index in [0.717, 1.165) is 16.6 Å². The summed E-state index contributed by atoms with van der Waals surface area (Å²) in [6, 6.07) is 14.0. The number of aromatic nitrogens is 4. The van der Waals surface area contributed by atoms with E-state index in [4.69, 9.17) is 9.47 Å². The zero-order valence-corrected chi connectivity index (χ0v) is 20.9. The molecule has 35 heavy (non-hydrogen) atoms. The highest BCUT2D eigenvalue weighted by molar-refractivity contribution is 7.98. The van der Waals surface area contributed by atoms with Gasteiger partial charge < -0.3 is 9.47 Å². The van der Waals surface area contributed by atoms with E-state index in [0.29, 0.717) is 52.6 Å². The van der Waals surface area contributed by atoms with Crippen LogP contribution in [0.25, 0.3) is 16.0 Å². The summed E-state index contributed by atoms with van der Waals surface area (Å²) in [5, 5.41) is 11.3. The number of nitrogens with zero attached hydrogens (tertiary/aromatic N) is 4. The van der Waals surface area contributed by atoms with E-state index in [1.165, 1.54) is 35.2 Å². The van der Waals surface area contributed by atoms with Gasteiger partial charge >= 0.3 is 0 Å². The van der Waals surface area contributed by atoms with Crippen LogP contribution in [-0.2, 0) is 12.3 Å². The average Bonchev–Trinajstić information content (AvgIpc) is 3.50. The minimum Gasteiger partial charge on any atom is -0.490 e. The van der Waals surface area contributed by atoms with Crippen molar-refractivity contribution in [3.05, 3.63) is 81.2 Å². The second kappa shape index (κ2) is 10.1. The fourth-order valence-electron chi connectivity index (χ4n) is 3.84. The smallest absolute Gasteiger partial charge is 0.273 e. The van der Waals surface area contributed by atoms with Crippen molar-refractivity contribution in [3.63, 3.8) is 0 Å². The molecule has 0 amide bonds. The van der Waals surface area contributed by atoms with Crippen LogP contribution in [0.4, 0.5) is 4.39 Å². The number of fused-ring (bicyclic) bond motifs is 3. The van der Waals surface area contributed by atoms with Crippen molar-refractivity contribution in [2.24, 2.45) is 0 Å². The van der Waals surface area contributed by atoms with Crippen LogP contribution in [0.3, 0.4) is 0 Å². The molecule has 0 fully saturated rings. The SMILES string of the molecule is CCOc1ccc(Cn2c(=O)c3sccc3n3c(SCc4ccc(F)cc4)nnc23)cc1OCC. The van der Waals surface area contributed by atoms with Crippen molar-refractivity contribution < 1.29 is 13.9 Å². The summed E-state index contributed by atoms with van der Waals surface area (Å²) in [5.74, 6) is 2.12. The highest BCUT2D eigenvalue weighted by Gasteiger charge is 2.19. The van der Waals surface area contributed by atoms with E-state index in [1.807, 2.05) is 47.9 Å². The van der Waals surface area contributed by atoms with Gasteiger partial charge in [0.05, 0.1) is 25.3 Å². The number of rotatable bonds is 9. The Morgan fingerprint density at radius 3 is 2.49 bits per heavy atom. The molecule has 0 bridgehead atoms. The third-order valence-corrected chi connectivity index (χ3v) is 7.30. The topological polar surface area (TPSA) is 70.7 Å². The average molecular weight is 511 g/mol. The van der Waals surface area contributed by atoms with E-state index < -0.39 is 0 Å². The first-order valence-electron chi connectivity index (χ1n) is 11.2. The van der Waals surface area contributed by atoms with Gasteiger partial charge in [-0.05, 0) is 60.7 Å². The quantitative estimate of drug-likeness (QED) is 0.248. The molecule has 2 aromatic carbocycles. The molecule has 7 nitrogen and oxygen atoms in total. The first-order valence-corrected chi connectivity index (χ1v) is 13.1. The molecule has 0 aliphatic heterocycles. The van der Waals surface area contributed by atoms with Crippen LogP contribution in [0.2, 0.25) is 0 Å². The maximum atomic E-state index is 13.4. The molecule has 0 saturated carbocycles. The van der Waals surface area contributed by atoms with Crippen LogP contribution in [0.1, 0.15) is 25.0 Å². The largest absolute Gasteiger partial charge is 0.490 e. The number of hydrogen-bond donors (Lipinski definition) is 0. The van der Waals surface area contributed by atoms with Gasteiger partial charge in [0, 0.05) is 5.75 Å². The minimum atomic E-state index is -0.266. The third-order valence-electron chi connectivity index (χ3n) is 5.41. The first-order chi connectivity index (χ1) is 17.1. The summed E-state index contributed by atoms with van der Waals surface area (Å²) in [5.41, 5.74) is 2.53. The molecule has 0 unspecified atom stereocenters. The van der Waals surface area contributed by atoms with Crippen molar-refractivity contribution >= 4 is 39.1 Å². The fraction of sp³-hybridized carbons (Fsp3) is 0.240. The van der Waals surface area contributed by atoms with E-state index in [1.54, 1.807) is 16.7 Å². The number of hydrogen-bond acceptors (Lipinski definition) is 7. The van der Waals surface area contributed by atoms with E-state index >= 15 is 0 Å². The Morgan fingerprint density at radius 2 is 1.71 bits per heavy atom. The summed E-state index contributed by atoms with van der Waals surface area (Å²) in [4.78, 5) is 13.4. The van der Waals surface area contributed by atoms with Gasteiger partial charge in [0.1, 0.15) is 10.5 Å². The minimum absolute atomic E-state index is 0.114. The Kier molecular flexibility index (Phi) is 6.74. The molecule has 0 radical (unpaired) electrons. The molecule has 3 heterocycles. The Labute approximate surface area is 209 Å². The van der Waals surface area contributed by atoms with Gasteiger partial charge in [-0.3, -0.25) is 13.8 Å². The summed E-state index contributed by atoms with van der Waals surface area (Å²) in [6.07, 6.45) is 0. The summed E-state index contributed by atoms with van der Waals surface area (Å²) in [6.45, 7) is 5.19. The maximum absolute atomic E-state index is 13.4. The lowest BCUT2D eigenvalue weighted by Gasteiger charge is -2.14. The zero-order chi connectivity index (χ0) is 24.4. The number of thiophene rings is 1. The number of benzene rings is 2. The van der Waals surface area contributed by atoms with Gasteiger partial charge in [-0.2, -0.15) is 0 Å². The van der Waals surface area contributed by atoms with Gasteiger partial charge in [-0.1, -0.05) is 30.0 Å². The number of ether oxygens (including phenoxy) is 2. The normalized spacial score (nSPS) is 11.4. The fourth-order valence-corrected chi connectivity index (χ4v) is 5.56. The van der Waals surface area contributed by atoms with Crippen LogP contribution in [-0.4, -0.2) is 32.4 Å². The van der Waals surface area contributed by atoms with Crippen LogP contribution in [0.5, 0.6) is 11.5 Å². The van der Waals surface area contributed by atoms with Gasteiger partial charge in [0.2, 0.25) is 5.78 Å². The van der Waals surface area contributed by atoms with Gasteiger partial charge in [0.15, 0.2) is 16.7 Å². The number of halogens is 1. The van der Waals surface area contributed by atoms with E-state index in [2.05, 4.69) is 10.2 Å². The molecule has 0 atom stereocenters. The number of thioether (sulfide) groups is 1. The Morgan fingerprint density at radius 1 is 0.971 bits per heavy atom. The van der Waals surface area contributed by atoms with Crippen molar-refractivity contribution in [2.45, 2.75) is 31.3 Å². The predicted molar refractivity (Wildman–Crippen MR) is 136 cm³/mol. The maximum Gasteiger partial charge on any atom is 0.273 e. The lowest BCUT2D eigenvalue weighted by molar-refractivity contribution is 0.287. The molecule has 0 N–H and O–H groups in total. The Bertz CT molecular complexity index is 1540. The second-order valence-electron chi connectivity index (χ2n) is 7.71. The molecule has 5 rings (SSSR count). The molecule has 0 aliphatic rings. The zero-order valence-electron chi connectivity index (χ0n) is 19.2. The third kappa shape index (κ3) is 4.63. The molecule has 0 saturated heterocycles. The summed E-state index contributed by atoms with van der Waals surface area (Å²) in [7, 11) is 0. The molecule has 0 aliphatic carbocycles. The summed E-state index contributed by atoms with van der Waals surface area (Å²) < 4.78 is 28.9.